The number of imide groups is 1. The van der Waals surface area contributed by atoms with Crippen molar-refractivity contribution in [2.75, 3.05) is 6.54 Å². The van der Waals surface area contributed by atoms with Crippen LogP contribution in [0, 0.1) is 0 Å². The van der Waals surface area contributed by atoms with Crippen LogP contribution in [0.1, 0.15) is 29.9 Å². The van der Waals surface area contributed by atoms with E-state index < -0.39 is 23.4 Å². The van der Waals surface area contributed by atoms with Crippen LogP contribution in [-0.2, 0) is 15.1 Å². The van der Waals surface area contributed by atoms with Crippen molar-refractivity contribution in [3.63, 3.8) is 0 Å². The molecule has 0 spiro atoms. The Morgan fingerprint density at radius 3 is 2.35 bits per heavy atom. The summed E-state index contributed by atoms with van der Waals surface area (Å²) in [6.45, 7) is 1.47. The van der Waals surface area contributed by atoms with E-state index in [4.69, 9.17) is 4.42 Å². The zero-order chi connectivity index (χ0) is 21.8. The topological polar surface area (TPSA) is 104 Å². The number of carbonyl (C=O) groups excluding carboxylic acids is 3. The number of hydrazine groups is 1. The molecule has 4 rings (SSSR count). The second kappa shape index (κ2) is 8.45. The lowest BCUT2D eigenvalue weighted by molar-refractivity contribution is -0.138. The minimum atomic E-state index is -1.25. The molecule has 4 amide bonds. The lowest BCUT2D eigenvalue weighted by atomic mass is 9.92. The Kier molecular flexibility index (Phi) is 5.55. The molecule has 2 aromatic carbocycles. The van der Waals surface area contributed by atoms with E-state index in [9.17, 15) is 14.4 Å². The molecule has 2 heterocycles. The number of hydrogen-bond donors (Lipinski definition) is 3. The summed E-state index contributed by atoms with van der Waals surface area (Å²) >= 11 is 0. The Balaban J connectivity index is 1.44. The predicted molar refractivity (Wildman–Crippen MR) is 112 cm³/mol. The van der Waals surface area contributed by atoms with E-state index in [0.29, 0.717) is 11.3 Å². The van der Waals surface area contributed by atoms with E-state index in [-0.39, 0.29) is 12.6 Å². The van der Waals surface area contributed by atoms with Gasteiger partial charge < -0.3 is 9.73 Å². The third-order valence-electron chi connectivity index (χ3n) is 5.21. The highest BCUT2D eigenvalue weighted by Crippen LogP contribution is 2.27. The molecule has 0 radical (unpaired) electrons. The molecule has 0 unspecified atom stereocenters. The molecule has 3 aromatic rings. The fraction of sp³-hybridized carbons (Fsp3) is 0.174. The summed E-state index contributed by atoms with van der Waals surface area (Å²) in [6, 6.07) is 20.9. The van der Waals surface area contributed by atoms with Crippen LogP contribution >= 0.6 is 0 Å². The molecule has 0 bridgehead atoms. The average Bonchev–Trinajstić information content (AvgIpc) is 3.39. The van der Waals surface area contributed by atoms with Gasteiger partial charge in [0.15, 0.2) is 0 Å². The average molecular weight is 418 g/mol. The zero-order valence-electron chi connectivity index (χ0n) is 16.9. The molecule has 1 aromatic heterocycles. The molecule has 31 heavy (non-hydrogen) atoms. The second-order valence-electron chi connectivity index (χ2n) is 7.34. The van der Waals surface area contributed by atoms with Gasteiger partial charge in [0.25, 0.3) is 11.8 Å². The molecule has 1 aliphatic rings. The van der Waals surface area contributed by atoms with Crippen molar-refractivity contribution in [3.05, 3.63) is 95.9 Å². The normalized spacial score (nSPS) is 19.2. The summed E-state index contributed by atoms with van der Waals surface area (Å²) < 4.78 is 5.50. The monoisotopic (exact) mass is 418 g/mol. The van der Waals surface area contributed by atoms with E-state index in [2.05, 4.69) is 16.1 Å². The SMILES string of the molecule is C[C@@]1(c2ccccc2)NC(=O)N(NC(=O)CN[C@@H](c2ccccc2)c2ccco2)C1=O. The Hall–Kier alpha value is -3.91. The van der Waals surface area contributed by atoms with Gasteiger partial charge in [-0.3, -0.25) is 20.3 Å². The fourth-order valence-corrected chi connectivity index (χ4v) is 3.55. The van der Waals surface area contributed by atoms with Gasteiger partial charge in [-0.2, -0.15) is 5.01 Å². The van der Waals surface area contributed by atoms with Crippen molar-refractivity contribution in [1.29, 1.82) is 0 Å². The molecule has 3 N–H and O–H groups in total. The minimum absolute atomic E-state index is 0.140. The van der Waals surface area contributed by atoms with Gasteiger partial charge in [-0.25, -0.2) is 4.79 Å². The van der Waals surface area contributed by atoms with Gasteiger partial charge in [0.1, 0.15) is 11.3 Å². The van der Waals surface area contributed by atoms with Gasteiger partial charge in [-0.05, 0) is 30.2 Å². The van der Waals surface area contributed by atoms with E-state index in [1.54, 1.807) is 43.5 Å². The van der Waals surface area contributed by atoms with Gasteiger partial charge in [-0.1, -0.05) is 60.7 Å². The molecule has 1 fully saturated rings. The predicted octanol–water partition coefficient (Wildman–Crippen LogP) is 2.46. The molecule has 2 atom stereocenters. The standard InChI is InChI=1S/C23H22N4O4/c1-23(17-11-6-3-7-12-17)21(29)27(22(30)25-23)26-19(28)15-24-20(18-13-8-14-31-18)16-9-4-2-5-10-16/h2-14,20,24H,15H2,1H3,(H,25,30)(H,26,28)/t20-,23-/m0/s1. The second-order valence-corrected chi connectivity index (χ2v) is 7.34. The molecule has 1 saturated heterocycles. The summed E-state index contributed by atoms with van der Waals surface area (Å²) in [4.78, 5) is 37.9. The number of hydrogen-bond acceptors (Lipinski definition) is 5. The minimum Gasteiger partial charge on any atom is -0.467 e. The Bertz CT molecular complexity index is 1070. The maximum atomic E-state index is 12.9. The van der Waals surface area contributed by atoms with E-state index >= 15 is 0 Å². The van der Waals surface area contributed by atoms with Crippen molar-refractivity contribution in [3.8, 4) is 0 Å². The molecule has 158 valence electrons. The fourth-order valence-electron chi connectivity index (χ4n) is 3.55. The first-order chi connectivity index (χ1) is 15.0. The lowest BCUT2D eigenvalue weighted by Crippen LogP contribution is -2.50. The van der Waals surface area contributed by atoms with Crippen LogP contribution in [0.4, 0.5) is 4.79 Å². The first-order valence-electron chi connectivity index (χ1n) is 9.82. The molecule has 1 aliphatic heterocycles. The number of amides is 4. The third-order valence-corrected chi connectivity index (χ3v) is 5.21. The highest BCUT2D eigenvalue weighted by Gasteiger charge is 2.49. The van der Waals surface area contributed by atoms with Crippen LogP contribution in [0.5, 0.6) is 0 Å². The van der Waals surface area contributed by atoms with Crippen LogP contribution < -0.4 is 16.1 Å². The number of furan rings is 1. The quantitative estimate of drug-likeness (QED) is 0.512. The summed E-state index contributed by atoms with van der Waals surface area (Å²) in [7, 11) is 0. The van der Waals surface area contributed by atoms with E-state index in [0.717, 1.165) is 10.6 Å². The number of rotatable bonds is 7. The third kappa shape index (κ3) is 4.06. The van der Waals surface area contributed by atoms with Gasteiger partial charge in [-0.15, -0.1) is 0 Å². The number of benzene rings is 2. The Morgan fingerprint density at radius 1 is 1.03 bits per heavy atom. The summed E-state index contributed by atoms with van der Waals surface area (Å²) in [5.74, 6) is -0.443. The van der Waals surface area contributed by atoms with Crippen molar-refractivity contribution < 1.29 is 18.8 Å². The van der Waals surface area contributed by atoms with Gasteiger partial charge >= 0.3 is 6.03 Å². The highest BCUT2D eigenvalue weighted by atomic mass is 16.3. The molecular formula is C23H22N4O4. The van der Waals surface area contributed by atoms with Crippen LogP contribution in [0.2, 0.25) is 0 Å². The zero-order valence-corrected chi connectivity index (χ0v) is 16.9. The Morgan fingerprint density at radius 2 is 1.71 bits per heavy atom. The summed E-state index contributed by atoms with van der Waals surface area (Å²) in [5.41, 5.74) is 2.69. The van der Waals surface area contributed by atoms with Crippen molar-refractivity contribution >= 4 is 17.8 Å². The first-order valence-corrected chi connectivity index (χ1v) is 9.82. The maximum Gasteiger partial charge on any atom is 0.344 e. The van der Waals surface area contributed by atoms with Gasteiger partial charge in [0, 0.05) is 0 Å². The molecule has 8 heteroatoms. The molecular weight excluding hydrogens is 396 g/mol. The molecule has 0 aliphatic carbocycles. The number of nitrogens with one attached hydrogen (secondary N) is 3. The van der Waals surface area contributed by atoms with E-state index in [1.165, 1.54) is 0 Å². The van der Waals surface area contributed by atoms with Crippen LogP contribution in [0.3, 0.4) is 0 Å². The van der Waals surface area contributed by atoms with Crippen LogP contribution in [0.25, 0.3) is 0 Å². The van der Waals surface area contributed by atoms with Crippen molar-refractivity contribution in [2.24, 2.45) is 0 Å². The van der Waals surface area contributed by atoms with E-state index in [1.807, 2.05) is 42.5 Å². The number of nitrogens with zero attached hydrogens (tertiary/aromatic N) is 1. The van der Waals surface area contributed by atoms with Gasteiger partial charge in [0.2, 0.25) is 0 Å². The van der Waals surface area contributed by atoms with Crippen LogP contribution in [-0.4, -0.2) is 29.4 Å². The smallest absolute Gasteiger partial charge is 0.344 e. The highest BCUT2D eigenvalue weighted by molar-refractivity contribution is 6.08. The number of carbonyl (C=O) groups is 3. The first kappa shape index (κ1) is 20.4. The summed E-state index contributed by atoms with van der Waals surface area (Å²) in [6.07, 6.45) is 1.56. The largest absolute Gasteiger partial charge is 0.467 e. The van der Waals surface area contributed by atoms with Crippen LogP contribution in [0.15, 0.2) is 83.5 Å². The maximum absolute atomic E-state index is 12.9. The van der Waals surface area contributed by atoms with Crippen molar-refractivity contribution in [1.82, 2.24) is 21.1 Å². The summed E-state index contributed by atoms with van der Waals surface area (Å²) in [5, 5.41) is 6.49. The van der Waals surface area contributed by atoms with Gasteiger partial charge in [0.05, 0.1) is 18.8 Å². The van der Waals surface area contributed by atoms with Crippen molar-refractivity contribution in [2.45, 2.75) is 18.5 Å². The lowest BCUT2D eigenvalue weighted by Gasteiger charge is -2.22. The Labute approximate surface area is 179 Å². The molecule has 8 nitrogen and oxygen atoms in total. The molecule has 0 saturated carbocycles. The number of urea groups is 1.